The Morgan fingerprint density at radius 1 is 1.52 bits per heavy atom. The number of aryl methyl sites for hydroxylation is 1. The Morgan fingerprint density at radius 2 is 2.24 bits per heavy atom. The number of amides is 1. The van der Waals surface area contributed by atoms with Gasteiger partial charge in [-0.1, -0.05) is 0 Å². The predicted octanol–water partition coefficient (Wildman–Crippen LogP) is 0.959. The van der Waals surface area contributed by atoms with Gasteiger partial charge in [-0.3, -0.25) is 14.9 Å². The number of morpholine rings is 1. The van der Waals surface area contributed by atoms with E-state index in [0.29, 0.717) is 38.4 Å². The van der Waals surface area contributed by atoms with Crippen LogP contribution in [0.1, 0.15) is 12.0 Å². The summed E-state index contributed by atoms with van der Waals surface area (Å²) in [5.74, 6) is 0.218. The van der Waals surface area contributed by atoms with Crippen LogP contribution in [-0.4, -0.2) is 53.6 Å². The van der Waals surface area contributed by atoms with Crippen LogP contribution < -0.4 is 5.32 Å². The molecule has 8 nitrogen and oxygen atoms in total. The van der Waals surface area contributed by atoms with E-state index in [0.717, 1.165) is 0 Å². The van der Waals surface area contributed by atoms with Gasteiger partial charge in [0, 0.05) is 37.8 Å². The molecular formula is C13H18N4O4. The first-order chi connectivity index (χ1) is 10.1. The van der Waals surface area contributed by atoms with Gasteiger partial charge in [0.25, 0.3) is 0 Å². The number of carbonyl (C=O) groups excluding carboxylic acids is 1. The van der Waals surface area contributed by atoms with Crippen LogP contribution in [-0.2, 0) is 9.53 Å². The number of rotatable bonds is 5. The van der Waals surface area contributed by atoms with E-state index in [1.165, 1.54) is 6.20 Å². The number of anilines is 1. The van der Waals surface area contributed by atoms with Gasteiger partial charge in [-0.25, -0.2) is 4.98 Å². The summed E-state index contributed by atoms with van der Waals surface area (Å²) >= 11 is 0. The van der Waals surface area contributed by atoms with Crippen LogP contribution in [0.5, 0.6) is 0 Å². The van der Waals surface area contributed by atoms with Gasteiger partial charge >= 0.3 is 5.69 Å². The van der Waals surface area contributed by atoms with Crippen molar-refractivity contribution in [3.8, 4) is 0 Å². The summed E-state index contributed by atoms with van der Waals surface area (Å²) in [5, 5.41) is 13.9. The molecule has 1 aromatic rings. The number of nitro groups is 1. The molecular weight excluding hydrogens is 276 g/mol. The highest BCUT2D eigenvalue weighted by Crippen LogP contribution is 2.25. The Morgan fingerprint density at radius 3 is 2.90 bits per heavy atom. The molecule has 1 aliphatic heterocycles. The molecule has 0 aromatic carbocycles. The molecule has 2 heterocycles. The van der Waals surface area contributed by atoms with Gasteiger partial charge in [0.2, 0.25) is 11.7 Å². The van der Waals surface area contributed by atoms with Gasteiger partial charge in [0.15, 0.2) is 0 Å². The molecule has 1 aliphatic rings. The van der Waals surface area contributed by atoms with E-state index in [9.17, 15) is 14.9 Å². The SMILES string of the molecule is Cc1ccnc(NCCC(=O)N2CCOCC2)c1[N+](=O)[O-]. The van der Waals surface area contributed by atoms with Crippen LogP contribution in [0, 0.1) is 17.0 Å². The van der Waals surface area contributed by atoms with Crippen molar-refractivity contribution in [2.45, 2.75) is 13.3 Å². The Hall–Kier alpha value is -2.22. The highest BCUT2D eigenvalue weighted by molar-refractivity contribution is 5.77. The molecule has 0 unspecified atom stereocenters. The molecule has 1 N–H and O–H groups in total. The second-order valence-electron chi connectivity index (χ2n) is 4.75. The standard InChI is InChI=1S/C13H18N4O4/c1-10-2-4-14-13(12(10)17(19)20)15-5-3-11(18)16-6-8-21-9-7-16/h2,4H,3,5-9H2,1H3,(H,14,15). The smallest absolute Gasteiger partial charge is 0.314 e. The molecule has 0 aliphatic carbocycles. The fourth-order valence-corrected chi connectivity index (χ4v) is 2.17. The minimum Gasteiger partial charge on any atom is -0.378 e. The number of pyridine rings is 1. The fraction of sp³-hybridized carbons (Fsp3) is 0.538. The maximum atomic E-state index is 12.0. The first-order valence-corrected chi connectivity index (χ1v) is 6.79. The average molecular weight is 294 g/mol. The second kappa shape index (κ2) is 6.98. The molecule has 2 rings (SSSR count). The Bertz CT molecular complexity index is 529. The normalized spacial score (nSPS) is 14.8. The minimum absolute atomic E-state index is 0.0149. The third-order valence-corrected chi connectivity index (χ3v) is 3.30. The molecule has 0 radical (unpaired) electrons. The highest BCUT2D eigenvalue weighted by Gasteiger charge is 2.19. The lowest BCUT2D eigenvalue weighted by Crippen LogP contribution is -2.41. The van der Waals surface area contributed by atoms with Crippen LogP contribution >= 0.6 is 0 Å². The van der Waals surface area contributed by atoms with E-state index in [2.05, 4.69) is 10.3 Å². The molecule has 0 saturated carbocycles. The summed E-state index contributed by atoms with van der Waals surface area (Å²) < 4.78 is 5.18. The van der Waals surface area contributed by atoms with E-state index >= 15 is 0 Å². The molecule has 114 valence electrons. The van der Waals surface area contributed by atoms with Crippen molar-refractivity contribution in [3.63, 3.8) is 0 Å². The maximum Gasteiger partial charge on any atom is 0.314 e. The van der Waals surface area contributed by atoms with Crippen LogP contribution in [0.15, 0.2) is 12.3 Å². The fourth-order valence-electron chi connectivity index (χ4n) is 2.17. The van der Waals surface area contributed by atoms with Crippen LogP contribution in [0.25, 0.3) is 0 Å². The Labute approximate surface area is 122 Å². The molecule has 1 aromatic heterocycles. The first-order valence-electron chi connectivity index (χ1n) is 6.79. The number of carbonyl (C=O) groups is 1. The van der Waals surface area contributed by atoms with Crippen molar-refractivity contribution in [1.29, 1.82) is 0 Å². The van der Waals surface area contributed by atoms with Gasteiger partial charge in [-0.2, -0.15) is 0 Å². The predicted molar refractivity (Wildman–Crippen MR) is 76.1 cm³/mol. The molecule has 0 bridgehead atoms. The number of hydrogen-bond acceptors (Lipinski definition) is 6. The van der Waals surface area contributed by atoms with E-state index in [1.54, 1.807) is 17.9 Å². The topological polar surface area (TPSA) is 97.6 Å². The van der Waals surface area contributed by atoms with E-state index in [1.807, 2.05) is 0 Å². The van der Waals surface area contributed by atoms with E-state index in [4.69, 9.17) is 4.74 Å². The zero-order valence-corrected chi connectivity index (χ0v) is 11.9. The van der Waals surface area contributed by atoms with Crippen molar-refractivity contribution in [2.24, 2.45) is 0 Å². The second-order valence-corrected chi connectivity index (χ2v) is 4.75. The summed E-state index contributed by atoms with van der Waals surface area (Å²) in [6.45, 7) is 4.29. The summed E-state index contributed by atoms with van der Waals surface area (Å²) in [6, 6.07) is 1.59. The van der Waals surface area contributed by atoms with Crippen molar-refractivity contribution in [1.82, 2.24) is 9.88 Å². The Kier molecular flexibility index (Phi) is 5.04. The zero-order chi connectivity index (χ0) is 15.2. The van der Waals surface area contributed by atoms with Crippen molar-refractivity contribution >= 4 is 17.4 Å². The largest absolute Gasteiger partial charge is 0.378 e. The van der Waals surface area contributed by atoms with Crippen LogP contribution in [0.2, 0.25) is 0 Å². The van der Waals surface area contributed by atoms with Gasteiger partial charge in [-0.05, 0) is 13.0 Å². The number of hydrogen-bond donors (Lipinski definition) is 1. The lowest BCUT2D eigenvalue weighted by Gasteiger charge is -2.26. The lowest BCUT2D eigenvalue weighted by atomic mass is 10.2. The molecule has 1 fully saturated rings. The molecule has 8 heteroatoms. The third-order valence-electron chi connectivity index (χ3n) is 3.30. The number of ether oxygens (including phenoxy) is 1. The average Bonchev–Trinajstić information content (AvgIpc) is 2.47. The quantitative estimate of drug-likeness (QED) is 0.641. The van der Waals surface area contributed by atoms with Crippen molar-refractivity contribution < 1.29 is 14.5 Å². The zero-order valence-electron chi connectivity index (χ0n) is 11.9. The van der Waals surface area contributed by atoms with Crippen LogP contribution in [0.3, 0.4) is 0 Å². The first kappa shape index (κ1) is 15.2. The minimum atomic E-state index is -0.464. The summed E-state index contributed by atoms with van der Waals surface area (Å²) in [7, 11) is 0. The van der Waals surface area contributed by atoms with Crippen molar-refractivity contribution in [3.05, 3.63) is 27.9 Å². The van der Waals surface area contributed by atoms with E-state index < -0.39 is 4.92 Å². The van der Waals surface area contributed by atoms with Gasteiger partial charge in [0.1, 0.15) is 0 Å². The number of aromatic nitrogens is 1. The summed E-state index contributed by atoms with van der Waals surface area (Å²) in [5.41, 5.74) is 0.494. The summed E-state index contributed by atoms with van der Waals surface area (Å²) in [4.78, 5) is 28.2. The highest BCUT2D eigenvalue weighted by atomic mass is 16.6. The number of nitrogens with one attached hydrogen (secondary N) is 1. The molecule has 0 spiro atoms. The lowest BCUT2D eigenvalue weighted by molar-refractivity contribution is -0.384. The summed E-state index contributed by atoms with van der Waals surface area (Å²) in [6.07, 6.45) is 1.78. The molecule has 21 heavy (non-hydrogen) atoms. The monoisotopic (exact) mass is 294 g/mol. The van der Waals surface area contributed by atoms with Crippen LogP contribution in [0.4, 0.5) is 11.5 Å². The van der Waals surface area contributed by atoms with Gasteiger partial charge in [0.05, 0.1) is 18.1 Å². The van der Waals surface area contributed by atoms with Gasteiger partial charge in [-0.15, -0.1) is 0 Å². The molecule has 0 atom stereocenters. The third kappa shape index (κ3) is 3.88. The molecule has 1 amide bonds. The maximum absolute atomic E-state index is 12.0. The molecule has 1 saturated heterocycles. The van der Waals surface area contributed by atoms with Crippen molar-refractivity contribution in [2.75, 3.05) is 38.2 Å². The Balaban J connectivity index is 1.90. The van der Waals surface area contributed by atoms with Gasteiger partial charge < -0.3 is 15.0 Å². The van der Waals surface area contributed by atoms with E-state index in [-0.39, 0.29) is 23.8 Å². The number of nitrogens with zero attached hydrogens (tertiary/aromatic N) is 3.